The zero-order valence-electron chi connectivity index (χ0n) is 37.5. The second-order valence-corrected chi connectivity index (χ2v) is 17.2. The second-order valence-electron chi connectivity index (χ2n) is 17.2. The summed E-state index contributed by atoms with van der Waals surface area (Å²) in [4.78, 5) is 24.9. The predicted molar refractivity (Wildman–Crippen MR) is 281 cm³/mol. The summed E-state index contributed by atoms with van der Waals surface area (Å²) in [6, 6.07) is 81.0. The van der Waals surface area contributed by atoms with Crippen molar-refractivity contribution in [2.45, 2.75) is 0 Å². The van der Waals surface area contributed by atoms with Crippen molar-refractivity contribution >= 4 is 43.6 Å². The van der Waals surface area contributed by atoms with Crippen molar-refractivity contribution in [3.8, 4) is 85.5 Å². The lowest BCUT2D eigenvalue weighted by molar-refractivity contribution is 1.07. The Balaban J connectivity index is 0.960. The van der Waals surface area contributed by atoms with Crippen molar-refractivity contribution in [1.29, 1.82) is 5.26 Å². The van der Waals surface area contributed by atoms with Crippen molar-refractivity contribution < 1.29 is 0 Å². The highest BCUT2D eigenvalue weighted by Gasteiger charge is 2.21. The molecular formula is C62H38N8. The van der Waals surface area contributed by atoms with E-state index < -0.39 is 0 Å². The zero-order chi connectivity index (χ0) is 46.5. The van der Waals surface area contributed by atoms with E-state index in [1.54, 1.807) is 0 Å². The summed E-state index contributed by atoms with van der Waals surface area (Å²) in [6.45, 7) is 0. The molecule has 8 heteroatoms. The minimum atomic E-state index is 0.489. The molecule has 0 aliphatic heterocycles. The highest BCUT2D eigenvalue weighted by atomic mass is 15.0. The van der Waals surface area contributed by atoms with E-state index in [0.717, 1.165) is 99.8 Å². The quantitative estimate of drug-likeness (QED) is 0.151. The van der Waals surface area contributed by atoms with Crippen molar-refractivity contribution in [3.05, 3.63) is 236 Å². The highest BCUT2D eigenvalue weighted by Crippen LogP contribution is 2.41. The third kappa shape index (κ3) is 6.97. The zero-order valence-corrected chi connectivity index (χ0v) is 37.5. The van der Waals surface area contributed by atoms with Crippen LogP contribution >= 0.6 is 0 Å². The normalized spacial score (nSPS) is 11.4. The van der Waals surface area contributed by atoms with Crippen LogP contribution in [0.4, 0.5) is 0 Å². The standard InChI is InChI=1S/C62H38N8/c63-39-46-35-45(62-67-60(43-21-9-3-10-22-43)66-61(68-62)44-23-11-4-12-24-44)31-34-54(46)70-56-28-16-14-26-49(56)51-36-50-48-25-13-15-27-55(48)69(57(50)38-58(51)70)47-32-29-41(30-33-47)53-37-52(40-17-5-1-6-18-40)64-59(65-53)42-19-7-2-8-20-42/h1-38H. The largest absolute Gasteiger partial charge is 0.309 e. The second kappa shape index (κ2) is 16.8. The molecule has 0 bridgehead atoms. The predicted octanol–water partition coefficient (Wildman–Crippen LogP) is 14.7. The molecule has 0 amide bonds. The van der Waals surface area contributed by atoms with E-state index in [-0.39, 0.29) is 0 Å². The molecular weight excluding hydrogens is 857 g/mol. The first-order chi connectivity index (χ1) is 34.6. The Labute approximate surface area is 402 Å². The van der Waals surface area contributed by atoms with Crippen molar-refractivity contribution in [2.24, 2.45) is 0 Å². The van der Waals surface area contributed by atoms with Gasteiger partial charge in [-0.25, -0.2) is 24.9 Å². The van der Waals surface area contributed by atoms with Crippen molar-refractivity contribution in [2.75, 3.05) is 0 Å². The summed E-state index contributed by atoms with van der Waals surface area (Å²) in [6.07, 6.45) is 0. The highest BCUT2D eigenvalue weighted by molar-refractivity contribution is 6.19. The van der Waals surface area contributed by atoms with Gasteiger partial charge in [-0.1, -0.05) is 170 Å². The van der Waals surface area contributed by atoms with Crippen LogP contribution in [0.5, 0.6) is 0 Å². The molecule has 8 nitrogen and oxygen atoms in total. The molecule has 13 rings (SSSR count). The van der Waals surface area contributed by atoms with Gasteiger partial charge in [-0.3, -0.25) is 0 Å². The lowest BCUT2D eigenvalue weighted by Crippen LogP contribution is -2.02. The Bertz CT molecular complexity index is 4040. The van der Waals surface area contributed by atoms with Crippen molar-refractivity contribution in [1.82, 2.24) is 34.1 Å². The molecule has 70 heavy (non-hydrogen) atoms. The molecule has 0 saturated carbocycles. The van der Waals surface area contributed by atoms with Crippen LogP contribution in [0.3, 0.4) is 0 Å². The molecule has 0 N–H and O–H groups in total. The Morgan fingerprint density at radius 3 is 1.24 bits per heavy atom. The third-order valence-corrected chi connectivity index (χ3v) is 13.0. The van der Waals surface area contributed by atoms with Crippen LogP contribution in [0.15, 0.2) is 231 Å². The van der Waals surface area contributed by atoms with E-state index in [1.807, 2.05) is 127 Å². The molecule has 0 spiro atoms. The Morgan fingerprint density at radius 1 is 0.300 bits per heavy atom. The summed E-state index contributed by atoms with van der Waals surface area (Å²) in [5.74, 6) is 2.29. The fraction of sp³-hybridized carbons (Fsp3) is 0. The first-order valence-electron chi connectivity index (χ1n) is 23.1. The number of aromatic nitrogens is 7. The summed E-state index contributed by atoms with van der Waals surface area (Å²) in [5, 5.41) is 15.5. The summed E-state index contributed by atoms with van der Waals surface area (Å²) < 4.78 is 4.56. The van der Waals surface area contributed by atoms with E-state index in [2.05, 4.69) is 118 Å². The van der Waals surface area contributed by atoms with Gasteiger partial charge in [-0.2, -0.15) is 5.26 Å². The number of nitriles is 1. The average Bonchev–Trinajstić information content (AvgIpc) is 3.94. The van der Waals surface area contributed by atoms with Gasteiger partial charge in [-0.05, 0) is 60.7 Å². The van der Waals surface area contributed by atoms with Gasteiger partial charge in [0.05, 0.1) is 44.7 Å². The van der Waals surface area contributed by atoms with Crippen LogP contribution in [-0.2, 0) is 0 Å². The Morgan fingerprint density at radius 2 is 0.714 bits per heavy atom. The lowest BCUT2D eigenvalue weighted by Gasteiger charge is -2.13. The molecule has 0 unspecified atom stereocenters. The fourth-order valence-electron chi connectivity index (χ4n) is 9.72. The van der Waals surface area contributed by atoms with Crippen LogP contribution in [0, 0.1) is 11.3 Å². The minimum Gasteiger partial charge on any atom is -0.309 e. The molecule has 0 aliphatic carbocycles. The van der Waals surface area contributed by atoms with Gasteiger partial charge in [0.15, 0.2) is 23.3 Å². The van der Waals surface area contributed by atoms with Gasteiger partial charge in [0.1, 0.15) is 6.07 Å². The minimum absolute atomic E-state index is 0.489. The maximum absolute atomic E-state index is 11.0. The molecule has 0 saturated heterocycles. The maximum Gasteiger partial charge on any atom is 0.164 e. The number of fused-ring (bicyclic) bond motifs is 6. The lowest BCUT2D eigenvalue weighted by atomic mass is 10.1. The molecule has 326 valence electrons. The molecule has 9 aromatic carbocycles. The van der Waals surface area contributed by atoms with Gasteiger partial charge in [0, 0.05) is 60.6 Å². The summed E-state index contributed by atoms with van der Waals surface area (Å²) >= 11 is 0. The van der Waals surface area contributed by atoms with E-state index in [1.165, 1.54) is 0 Å². The molecule has 0 fully saturated rings. The molecule has 0 radical (unpaired) electrons. The topological polar surface area (TPSA) is 98.1 Å². The number of hydrogen-bond acceptors (Lipinski definition) is 6. The molecule has 0 aliphatic rings. The van der Waals surface area contributed by atoms with E-state index >= 15 is 0 Å². The number of hydrogen-bond donors (Lipinski definition) is 0. The first kappa shape index (κ1) is 40.4. The molecule has 13 aromatic rings. The van der Waals surface area contributed by atoms with Gasteiger partial charge < -0.3 is 9.13 Å². The van der Waals surface area contributed by atoms with Crippen molar-refractivity contribution in [3.63, 3.8) is 0 Å². The number of para-hydroxylation sites is 2. The average molecular weight is 895 g/mol. The Kier molecular flexibility index (Phi) is 9.70. The number of benzene rings is 9. The van der Waals surface area contributed by atoms with Gasteiger partial charge in [-0.15, -0.1) is 0 Å². The summed E-state index contributed by atoms with van der Waals surface area (Å²) in [7, 11) is 0. The SMILES string of the molecule is N#Cc1cc(-c2nc(-c3ccccc3)nc(-c3ccccc3)n2)ccc1-n1c2ccccc2c2cc3c4ccccc4n(-c4ccc(-c5cc(-c6ccccc6)nc(-c6ccccc6)n5)cc4)c3cc21. The van der Waals surface area contributed by atoms with Gasteiger partial charge in [0.2, 0.25) is 0 Å². The van der Waals surface area contributed by atoms with Crippen LogP contribution in [0.25, 0.3) is 123 Å². The smallest absolute Gasteiger partial charge is 0.164 e. The third-order valence-electron chi connectivity index (χ3n) is 13.0. The van der Waals surface area contributed by atoms with Gasteiger partial charge in [0.25, 0.3) is 0 Å². The van der Waals surface area contributed by atoms with Crippen LogP contribution in [0.1, 0.15) is 5.56 Å². The molecule has 0 atom stereocenters. The van der Waals surface area contributed by atoms with Crippen LogP contribution in [0.2, 0.25) is 0 Å². The number of nitrogens with zero attached hydrogens (tertiary/aromatic N) is 8. The van der Waals surface area contributed by atoms with Crippen LogP contribution in [-0.4, -0.2) is 34.1 Å². The van der Waals surface area contributed by atoms with E-state index in [0.29, 0.717) is 28.9 Å². The molecule has 4 heterocycles. The summed E-state index contributed by atoms with van der Waals surface area (Å²) in [5.41, 5.74) is 13.6. The van der Waals surface area contributed by atoms with Gasteiger partial charge >= 0.3 is 0 Å². The molecule has 4 aromatic heterocycles. The monoisotopic (exact) mass is 894 g/mol. The van der Waals surface area contributed by atoms with E-state index in [9.17, 15) is 5.26 Å². The van der Waals surface area contributed by atoms with Crippen LogP contribution < -0.4 is 0 Å². The number of rotatable bonds is 8. The maximum atomic E-state index is 11.0. The Hall–Kier alpha value is -9.84. The first-order valence-corrected chi connectivity index (χ1v) is 23.1. The fourth-order valence-corrected chi connectivity index (χ4v) is 9.72. The van der Waals surface area contributed by atoms with E-state index in [4.69, 9.17) is 24.9 Å².